The Morgan fingerprint density at radius 2 is 2.08 bits per heavy atom. The summed E-state index contributed by atoms with van der Waals surface area (Å²) in [4.78, 5) is 24.5. The summed E-state index contributed by atoms with van der Waals surface area (Å²) in [5.74, 6) is -0.477. The number of benzene rings is 1. The largest absolute Gasteiger partial charge is 0.504 e. The number of ether oxygens (including phenoxy) is 1. The molecule has 0 unspecified atom stereocenters. The molecule has 1 amide bonds. The smallest absolute Gasteiger partial charge is 0.273 e. The number of rotatable bonds is 3. The van der Waals surface area contributed by atoms with Crippen LogP contribution in [-0.4, -0.2) is 23.0 Å². The number of phenols is 1. The number of hydrogen-bond acceptors (Lipinski definition) is 7. The minimum atomic E-state index is -0.774. The van der Waals surface area contributed by atoms with Crippen LogP contribution in [0, 0.1) is 10.1 Å². The fourth-order valence-electron chi connectivity index (χ4n) is 3.53. The summed E-state index contributed by atoms with van der Waals surface area (Å²) >= 11 is 1.55. The van der Waals surface area contributed by atoms with Crippen LogP contribution < -0.4 is 15.4 Å². The molecule has 8 nitrogen and oxygen atoms in total. The number of hydrogen-bond donors (Lipinski definition) is 3. The number of thiophene rings is 1. The highest BCUT2D eigenvalue weighted by molar-refractivity contribution is 7.16. The maximum Gasteiger partial charge on any atom is 0.273 e. The number of phenolic OH excluding ortho intramolecular Hbond substituents is 1. The molecule has 0 radical (unpaired) electrons. The summed E-state index contributed by atoms with van der Waals surface area (Å²) in [6.45, 7) is 0. The molecule has 9 heteroatoms. The topological polar surface area (TPSA) is 114 Å². The van der Waals surface area contributed by atoms with Crippen molar-refractivity contribution in [3.8, 4) is 11.5 Å². The highest BCUT2D eigenvalue weighted by Crippen LogP contribution is 2.44. The van der Waals surface area contributed by atoms with Crippen molar-refractivity contribution in [2.24, 2.45) is 0 Å². The number of amides is 1. The van der Waals surface area contributed by atoms with Gasteiger partial charge in [0.2, 0.25) is 0 Å². The highest BCUT2D eigenvalue weighted by atomic mass is 32.1. The first-order valence-corrected chi connectivity index (χ1v) is 9.08. The van der Waals surface area contributed by atoms with Gasteiger partial charge in [0.05, 0.1) is 23.7 Å². The summed E-state index contributed by atoms with van der Waals surface area (Å²) in [5, 5.41) is 28.3. The molecule has 0 bridgehead atoms. The van der Waals surface area contributed by atoms with Crippen LogP contribution in [-0.2, 0) is 12.8 Å². The minimum absolute atomic E-state index is 0.0125. The predicted octanol–water partition coefficient (Wildman–Crippen LogP) is 3.10. The quantitative estimate of drug-likeness (QED) is 0.561. The number of nitrogens with zero attached hydrogens (tertiary/aromatic N) is 1. The Morgan fingerprint density at radius 3 is 2.81 bits per heavy atom. The molecule has 0 saturated heterocycles. The van der Waals surface area contributed by atoms with Crippen molar-refractivity contribution < 1.29 is 19.6 Å². The van der Waals surface area contributed by atoms with Gasteiger partial charge in [-0.15, -0.1) is 11.3 Å². The zero-order valence-electron chi connectivity index (χ0n) is 14.0. The lowest BCUT2D eigenvalue weighted by Gasteiger charge is -2.27. The molecular weight excluding hydrogens is 358 g/mol. The first kappa shape index (κ1) is 16.6. The fourth-order valence-corrected chi connectivity index (χ4v) is 4.84. The van der Waals surface area contributed by atoms with Crippen molar-refractivity contribution in [1.82, 2.24) is 5.32 Å². The number of carbonyl (C=O) groups excluding carboxylic acids is 1. The molecule has 1 aromatic heterocycles. The van der Waals surface area contributed by atoms with Crippen molar-refractivity contribution in [3.63, 3.8) is 0 Å². The van der Waals surface area contributed by atoms with E-state index in [9.17, 15) is 20.0 Å². The molecule has 1 aliphatic carbocycles. The number of nitrogens with one attached hydrogen (secondary N) is 2. The average Bonchev–Trinajstić information content (AvgIpc) is 3.00. The van der Waals surface area contributed by atoms with Gasteiger partial charge < -0.3 is 20.5 Å². The van der Waals surface area contributed by atoms with Gasteiger partial charge in [0, 0.05) is 16.5 Å². The number of nitro benzene ring substituents is 1. The molecular formula is C17H17N3O5S. The van der Waals surface area contributed by atoms with E-state index in [1.807, 2.05) is 0 Å². The molecule has 0 fully saturated rings. The second-order valence-electron chi connectivity index (χ2n) is 6.31. The number of methoxy groups -OCH3 is 1. The van der Waals surface area contributed by atoms with Crippen LogP contribution in [0.15, 0.2) is 12.1 Å². The second kappa shape index (κ2) is 6.17. The van der Waals surface area contributed by atoms with Crippen LogP contribution in [0.3, 0.4) is 0 Å². The maximum atomic E-state index is 12.7. The molecule has 2 aliphatic rings. The van der Waals surface area contributed by atoms with Gasteiger partial charge in [0.15, 0.2) is 11.5 Å². The number of nitro groups is 1. The summed E-state index contributed by atoms with van der Waals surface area (Å²) in [7, 11) is 1.32. The van der Waals surface area contributed by atoms with Gasteiger partial charge in [-0.1, -0.05) is 0 Å². The van der Waals surface area contributed by atoms with Crippen molar-refractivity contribution in [2.45, 2.75) is 31.8 Å². The first-order chi connectivity index (χ1) is 12.5. The third-order valence-electron chi connectivity index (χ3n) is 4.78. The van der Waals surface area contributed by atoms with Gasteiger partial charge in [0.25, 0.3) is 11.6 Å². The van der Waals surface area contributed by atoms with E-state index < -0.39 is 11.1 Å². The van der Waals surface area contributed by atoms with E-state index in [0.29, 0.717) is 5.56 Å². The zero-order chi connectivity index (χ0) is 18.4. The lowest BCUT2D eigenvalue weighted by atomic mass is 9.94. The van der Waals surface area contributed by atoms with Crippen molar-refractivity contribution in [3.05, 3.63) is 43.8 Å². The molecule has 0 spiro atoms. The van der Waals surface area contributed by atoms with E-state index in [1.165, 1.54) is 18.1 Å². The van der Waals surface area contributed by atoms with Gasteiger partial charge in [-0.05, 0) is 31.2 Å². The molecule has 2 aromatic rings. The monoisotopic (exact) mass is 375 g/mol. The number of non-ortho nitro benzene ring substituents is 1. The molecule has 26 heavy (non-hydrogen) atoms. The fraction of sp³-hybridized carbons (Fsp3) is 0.353. The molecule has 0 saturated carbocycles. The molecule has 1 atom stereocenters. The van der Waals surface area contributed by atoms with Crippen LogP contribution in [0.5, 0.6) is 11.5 Å². The van der Waals surface area contributed by atoms with Gasteiger partial charge in [0.1, 0.15) is 11.2 Å². The lowest BCUT2D eigenvalue weighted by Crippen LogP contribution is -2.38. The van der Waals surface area contributed by atoms with E-state index in [4.69, 9.17) is 4.74 Å². The van der Waals surface area contributed by atoms with E-state index >= 15 is 0 Å². The second-order valence-corrected chi connectivity index (χ2v) is 7.41. The van der Waals surface area contributed by atoms with E-state index in [2.05, 4.69) is 10.6 Å². The van der Waals surface area contributed by atoms with E-state index in [0.717, 1.165) is 42.3 Å². The zero-order valence-corrected chi connectivity index (χ0v) is 14.8. The van der Waals surface area contributed by atoms with E-state index in [-0.39, 0.29) is 28.7 Å². The van der Waals surface area contributed by atoms with Crippen molar-refractivity contribution in [2.75, 3.05) is 12.4 Å². The number of carbonyl (C=O) groups is 1. The van der Waals surface area contributed by atoms with Crippen molar-refractivity contribution in [1.29, 1.82) is 0 Å². The molecule has 4 rings (SSSR count). The highest BCUT2D eigenvalue weighted by Gasteiger charge is 2.34. The third kappa shape index (κ3) is 2.55. The normalized spacial score (nSPS) is 18.3. The average molecular weight is 375 g/mol. The lowest BCUT2D eigenvalue weighted by molar-refractivity contribution is -0.385. The molecule has 2 heterocycles. The number of aryl methyl sites for hydroxylation is 1. The minimum Gasteiger partial charge on any atom is -0.504 e. The first-order valence-electron chi connectivity index (χ1n) is 8.26. The standard InChI is InChI=1S/C17H17N3O5S/c1-25-11-7-8(20(23)24)6-10(14(11)21)15-18-16(22)13-9-4-2-3-5-12(9)26-17(13)19-15/h6-7,15,19,21H,2-5H2,1H3,(H,18,22)/t15-/m1/s1. The molecule has 1 aromatic carbocycles. The Morgan fingerprint density at radius 1 is 1.31 bits per heavy atom. The number of anilines is 1. The van der Waals surface area contributed by atoms with Gasteiger partial charge in [-0.25, -0.2) is 0 Å². The Kier molecular flexibility index (Phi) is 3.95. The van der Waals surface area contributed by atoms with Gasteiger partial charge in [-0.3, -0.25) is 14.9 Å². The molecule has 1 aliphatic heterocycles. The molecule has 3 N–H and O–H groups in total. The van der Waals surface area contributed by atoms with Gasteiger partial charge in [-0.2, -0.15) is 0 Å². The predicted molar refractivity (Wildman–Crippen MR) is 96.1 cm³/mol. The van der Waals surface area contributed by atoms with Crippen molar-refractivity contribution >= 4 is 27.9 Å². The maximum absolute atomic E-state index is 12.7. The van der Waals surface area contributed by atoms with Crippen LogP contribution in [0.4, 0.5) is 10.7 Å². The summed E-state index contributed by atoms with van der Waals surface area (Å²) in [6.07, 6.45) is 3.25. The summed E-state index contributed by atoms with van der Waals surface area (Å²) in [5.41, 5.74) is 1.74. The summed E-state index contributed by atoms with van der Waals surface area (Å²) < 4.78 is 5.04. The number of fused-ring (bicyclic) bond motifs is 3. The Balaban J connectivity index is 1.77. The third-order valence-corrected chi connectivity index (χ3v) is 6.00. The summed E-state index contributed by atoms with van der Waals surface area (Å²) in [6, 6.07) is 2.40. The SMILES string of the molecule is COc1cc([N+](=O)[O-])cc([C@@H]2NC(=O)c3c(sc4c3CCCC4)N2)c1O. The van der Waals surface area contributed by atoms with Gasteiger partial charge >= 0.3 is 0 Å². The Labute approximate surface area is 152 Å². The van der Waals surface area contributed by atoms with Crippen LogP contribution in [0.25, 0.3) is 0 Å². The Hall–Kier alpha value is -2.81. The van der Waals surface area contributed by atoms with Crippen LogP contribution in [0.2, 0.25) is 0 Å². The van der Waals surface area contributed by atoms with Crippen LogP contribution >= 0.6 is 11.3 Å². The molecule has 136 valence electrons. The van der Waals surface area contributed by atoms with Crippen LogP contribution in [0.1, 0.15) is 45.4 Å². The number of aromatic hydroxyl groups is 1. The van der Waals surface area contributed by atoms with E-state index in [1.54, 1.807) is 11.3 Å². The Bertz CT molecular complexity index is 924.